The summed E-state index contributed by atoms with van der Waals surface area (Å²) in [6, 6.07) is 13.6. The lowest BCUT2D eigenvalue weighted by Crippen LogP contribution is -2.41. The Balaban J connectivity index is 1.47. The van der Waals surface area contributed by atoms with Crippen LogP contribution in [-0.4, -0.2) is 61.5 Å². The average molecular weight is 771 g/mol. The van der Waals surface area contributed by atoms with Gasteiger partial charge in [-0.2, -0.15) is 0 Å². The molecule has 10 heteroatoms. The summed E-state index contributed by atoms with van der Waals surface area (Å²) in [5.74, 6) is 7.25. The van der Waals surface area contributed by atoms with Gasteiger partial charge in [0.1, 0.15) is 11.5 Å². The van der Waals surface area contributed by atoms with Crippen LogP contribution in [0.15, 0.2) is 73.8 Å². The molecule has 0 aliphatic heterocycles. The highest BCUT2D eigenvalue weighted by atomic mass is 16.6. The molecule has 2 aromatic carbocycles. The van der Waals surface area contributed by atoms with Crippen molar-refractivity contribution in [1.82, 2.24) is 0 Å². The van der Waals surface area contributed by atoms with Crippen LogP contribution in [0.2, 0.25) is 0 Å². The van der Waals surface area contributed by atoms with Crippen LogP contribution in [0.25, 0.3) is 0 Å². The van der Waals surface area contributed by atoms with Gasteiger partial charge in [0.2, 0.25) is 0 Å². The monoisotopic (exact) mass is 770 g/mol. The number of esters is 4. The lowest BCUT2D eigenvalue weighted by Gasteiger charge is -2.38. The first-order valence-corrected chi connectivity index (χ1v) is 20.2. The number of ether oxygens (including phenoxy) is 6. The number of carbonyl (C=O) groups excluding carboxylic acids is 4. The van der Waals surface area contributed by atoms with Crippen molar-refractivity contribution >= 4 is 23.9 Å². The number of hydrogen-bond acceptors (Lipinski definition) is 10. The van der Waals surface area contributed by atoms with Crippen molar-refractivity contribution < 1.29 is 47.6 Å². The topological polar surface area (TPSA) is 124 Å². The highest BCUT2D eigenvalue weighted by Gasteiger charge is 2.41. The van der Waals surface area contributed by atoms with Gasteiger partial charge in [0.25, 0.3) is 0 Å². The number of carbonyl (C=O) groups is 4. The Morgan fingerprint density at radius 3 is 1.29 bits per heavy atom. The number of rotatable bonds is 20. The normalized spacial score (nSPS) is 21.6. The Morgan fingerprint density at radius 2 is 0.964 bits per heavy atom. The minimum Gasteiger partial charge on any atom is -0.493 e. The third-order valence-corrected chi connectivity index (χ3v) is 10.4. The molecule has 2 fully saturated rings. The molecular weight excluding hydrogens is 712 g/mol. The fraction of sp³-hybridized carbons (Fsp3) is 0.522. The van der Waals surface area contributed by atoms with Crippen LogP contribution in [0, 0.1) is 23.7 Å². The molecule has 0 amide bonds. The van der Waals surface area contributed by atoms with Crippen molar-refractivity contribution in [2.45, 2.75) is 115 Å². The Hall–Kier alpha value is -5.04. The second kappa shape index (κ2) is 22.5. The van der Waals surface area contributed by atoms with Crippen LogP contribution in [0.5, 0.6) is 11.5 Å². The lowest BCUT2D eigenvalue weighted by atomic mass is 9.75. The van der Waals surface area contributed by atoms with E-state index in [-0.39, 0.29) is 13.2 Å². The smallest absolute Gasteiger partial charge is 0.339 e. The van der Waals surface area contributed by atoms with Crippen molar-refractivity contribution in [2.75, 3.05) is 26.4 Å². The van der Waals surface area contributed by atoms with E-state index in [1.165, 1.54) is 0 Å². The summed E-state index contributed by atoms with van der Waals surface area (Å²) < 4.78 is 34.1. The Kier molecular flexibility index (Phi) is 17.6. The molecular formula is C46H58O10. The summed E-state index contributed by atoms with van der Waals surface area (Å²) in [4.78, 5) is 49.8. The van der Waals surface area contributed by atoms with Crippen LogP contribution >= 0.6 is 0 Å². The number of hydrogen-bond donors (Lipinski definition) is 0. The molecule has 2 aromatic rings. The molecule has 2 aliphatic carbocycles. The van der Waals surface area contributed by atoms with Gasteiger partial charge in [0.05, 0.1) is 37.6 Å². The molecule has 4 rings (SSSR count). The summed E-state index contributed by atoms with van der Waals surface area (Å²) in [6.07, 6.45) is 13.7. The zero-order valence-corrected chi connectivity index (χ0v) is 33.2. The van der Waals surface area contributed by atoms with Gasteiger partial charge in [-0.05, 0) is 112 Å². The van der Waals surface area contributed by atoms with Gasteiger partial charge in [-0.15, -0.1) is 0 Å². The van der Waals surface area contributed by atoms with Crippen molar-refractivity contribution in [3.8, 4) is 23.3 Å². The van der Waals surface area contributed by atoms with Gasteiger partial charge in [-0.25, -0.2) is 19.2 Å². The van der Waals surface area contributed by atoms with E-state index in [0.29, 0.717) is 86.2 Å². The average Bonchev–Trinajstić information content (AvgIpc) is 3.22. The maximum absolute atomic E-state index is 13.7. The van der Waals surface area contributed by atoms with Crippen molar-refractivity contribution in [1.29, 1.82) is 0 Å². The van der Waals surface area contributed by atoms with Gasteiger partial charge in [0.15, 0.2) is 11.2 Å². The van der Waals surface area contributed by atoms with Gasteiger partial charge < -0.3 is 28.4 Å². The molecule has 0 radical (unpaired) electrons. The van der Waals surface area contributed by atoms with Crippen molar-refractivity contribution in [2.24, 2.45) is 11.8 Å². The van der Waals surface area contributed by atoms with Gasteiger partial charge in [0, 0.05) is 25.0 Å². The molecule has 10 nitrogen and oxygen atoms in total. The van der Waals surface area contributed by atoms with Gasteiger partial charge >= 0.3 is 23.9 Å². The first-order chi connectivity index (χ1) is 27.1. The van der Waals surface area contributed by atoms with E-state index in [0.717, 1.165) is 63.5 Å². The minimum atomic E-state index is -1.01. The van der Waals surface area contributed by atoms with Crippen molar-refractivity contribution in [3.05, 3.63) is 85.0 Å². The second-order valence-corrected chi connectivity index (χ2v) is 14.7. The fourth-order valence-electron chi connectivity index (χ4n) is 7.22. The van der Waals surface area contributed by atoms with Crippen LogP contribution < -0.4 is 9.47 Å². The van der Waals surface area contributed by atoms with Gasteiger partial charge in [-0.3, -0.25) is 0 Å². The predicted octanol–water partition coefficient (Wildman–Crippen LogP) is 9.16. The van der Waals surface area contributed by atoms with E-state index in [2.05, 4.69) is 38.8 Å². The zero-order chi connectivity index (χ0) is 40.2. The molecule has 0 aromatic heterocycles. The van der Waals surface area contributed by atoms with E-state index in [1.54, 1.807) is 48.5 Å². The minimum absolute atomic E-state index is 0.222. The first kappa shape index (κ1) is 43.7. The quantitative estimate of drug-likeness (QED) is 0.0423. The van der Waals surface area contributed by atoms with E-state index in [9.17, 15) is 19.2 Å². The summed E-state index contributed by atoms with van der Waals surface area (Å²) in [5.41, 5.74) is -1.25. The standard InChI is InChI=1S/C46H58O10/c1-5-11-35-21-25-45(26-22-35,55-43(49)37-13-17-39(18-14-37)51-31-9-33-53-41(47)7-3)29-30-46(27-23-36(12-6-2)24-28-46)56-44(50)38-15-19-40(20-16-38)52-32-10-34-54-42(48)8-4/h7-8,13-20,35-36H,3-6,9-12,21-28,31-34H2,1-2H3. The maximum atomic E-state index is 13.7. The largest absolute Gasteiger partial charge is 0.493 e. The second-order valence-electron chi connectivity index (χ2n) is 14.7. The van der Waals surface area contributed by atoms with Crippen molar-refractivity contribution in [3.63, 3.8) is 0 Å². The highest BCUT2D eigenvalue weighted by Crippen LogP contribution is 2.40. The number of benzene rings is 2. The molecule has 0 spiro atoms. The Morgan fingerprint density at radius 1 is 0.607 bits per heavy atom. The maximum Gasteiger partial charge on any atom is 0.339 e. The van der Waals surface area contributed by atoms with Crippen LogP contribution in [0.3, 0.4) is 0 Å². The SMILES string of the molecule is C=CC(=O)OCCCOc1ccc(C(=O)OC2(C#CC3(OC(=O)c4ccc(OCCCOC(=O)C=C)cc4)CCC(CCC)CC3)CCC(CCC)CC2)cc1. The molecule has 2 saturated carbocycles. The van der Waals surface area contributed by atoms with Crippen LogP contribution in [-0.2, 0) is 28.5 Å². The molecule has 56 heavy (non-hydrogen) atoms. The molecule has 0 atom stereocenters. The molecule has 0 bridgehead atoms. The third-order valence-electron chi connectivity index (χ3n) is 10.4. The molecule has 0 N–H and O–H groups in total. The summed E-state index contributed by atoms with van der Waals surface area (Å²) >= 11 is 0. The van der Waals surface area contributed by atoms with E-state index >= 15 is 0 Å². The summed E-state index contributed by atoms with van der Waals surface area (Å²) in [7, 11) is 0. The third kappa shape index (κ3) is 13.9. The lowest BCUT2D eigenvalue weighted by molar-refractivity contribution is -0.138. The predicted molar refractivity (Wildman–Crippen MR) is 213 cm³/mol. The molecule has 0 saturated heterocycles. The van der Waals surface area contributed by atoms with Gasteiger partial charge in [-0.1, -0.05) is 64.5 Å². The zero-order valence-electron chi connectivity index (χ0n) is 33.2. The first-order valence-electron chi connectivity index (χ1n) is 20.2. The molecule has 0 unspecified atom stereocenters. The summed E-state index contributed by atoms with van der Waals surface area (Å²) in [6.45, 7) is 12.3. The Labute approximate surface area is 332 Å². The molecule has 0 heterocycles. The highest BCUT2D eigenvalue weighted by molar-refractivity contribution is 5.90. The molecule has 2 aliphatic rings. The van der Waals surface area contributed by atoms with Crippen LogP contribution in [0.1, 0.15) is 124 Å². The van der Waals surface area contributed by atoms with E-state index in [4.69, 9.17) is 28.4 Å². The van der Waals surface area contributed by atoms with E-state index < -0.39 is 35.1 Å². The van der Waals surface area contributed by atoms with Crippen LogP contribution in [0.4, 0.5) is 0 Å². The van der Waals surface area contributed by atoms with E-state index in [1.807, 2.05) is 0 Å². The fourth-order valence-corrected chi connectivity index (χ4v) is 7.22. The molecule has 302 valence electrons. The Bertz CT molecular complexity index is 1530. The summed E-state index contributed by atoms with van der Waals surface area (Å²) in [5, 5.41) is 0.